The monoisotopic (exact) mass is 280 g/mol. The highest BCUT2D eigenvalue weighted by molar-refractivity contribution is 5.99. The molecule has 0 spiro atoms. The molecule has 1 fully saturated rings. The number of carboxylic acid groups (broad SMARTS) is 1. The van der Waals surface area contributed by atoms with E-state index in [1.807, 2.05) is 0 Å². The Balaban J connectivity index is 2.13. The molecule has 1 aromatic rings. The molecule has 1 aromatic carbocycles. The topological polar surface area (TPSA) is 92.4 Å². The zero-order chi connectivity index (χ0) is 14.7. The van der Waals surface area contributed by atoms with Crippen molar-refractivity contribution in [3.8, 4) is 0 Å². The summed E-state index contributed by atoms with van der Waals surface area (Å²) >= 11 is 0. The van der Waals surface area contributed by atoms with Crippen LogP contribution in [0.4, 0.5) is 10.1 Å². The highest BCUT2D eigenvalue weighted by Crippen LogP contribution is 2.25. The van der Waals surface area contributed by atoms with E-state index in [0.29, 0.717) is 12.8 Å². The number of carbonyl (C=O) groups excluding carboxylic acids is 1. The van der Waals surface area contributed by atoms with E-state index < -0.39 is 29.7 Å². The van der Waals surface area contributed by atoms with E-state index >= 15 is 0 Å². The molecule has 0 aromatic heterocycles. The van der Waals surface area contributed by atoms with E-state index in [4.69, 9.17) is 10.8 Å². The summed E-state index contributed by atoms with van der Waals surface area (Å²) in [4.78, 5) is 23.3. The number of nitrogen functional groups attached to an aromatic ring is 1. The largest absolute Gasteiger partial charge is 0.481 e. The molecule has 6 heteroatoms. The number of amides is 1. The average molecular weight is 280 g/mol. The molecular formula is C14H17FN2O3. The Kier molecular flexibility index (Phi) is 4.22. The van der Waals surface area contributed by atoms with Crippen LogP contribution in [0.15, 0.2) is 18.2 Å². The molecule has 0 saturated heterocycles. The second-order valence-corrected chi connectivity index (χ2v) is 5.04. The van der Waals surface area contributed by atoms with E-state index in [-0.39, 0.29) is 11.3 Å². The molecule has 0 aliphatic heterocycles. The summed E-state index contributed by atoms with van der Waals surface area (Å²) in [6.07, 6.45) is 2.86. The molecule has 108 valence electrons. The van der Waals surface area contributed by atoms with Crippen molar-refractivity contribution in [1.29, 1.82) is 0 Å². The maximum atomic E-state index is 13.2. The molecule has 4 N–H and O–H groups in total. The third kappa shape index (κ3) is 3.07. The van der Waals surface area contributed by atoms with E-state index in [1.165, 1.54) is 12.1 Å². The molecule has 1 amide bonds. The number of hydrogen-bond acceptors (Lipinski definition) is 3. The van der Waals surface area contributed by atoms with Gasteiger partial charge in [-0.05, 0) is 31.0 Å². The van der Waals surface area contributed by atoms with Gasteiger partial charge >= 0.3 is 5.97 Å². The van der Waals surface area contributed by atoms with Gasteiger partial charge in [0, 0.05) is 11.7 Å². The Bertz CT molecular complexity index is 533. The second kappa shape index (κ2) is 5.90. The standard InChI is InChI=1S/C14H17FN2O3/c15-8-5-6-11(16)10(7-8)13(18)17-12-4-2-1-3-9(12)14(19)20/h5-7,9,12H,1-4,16H2,(H,17,18)(H,19,20). The van der Waals surface area contributed by atoms with Gasteiger partial charge in [-0.15, -0.1) is 0 Å². The highest BCUT2D eigenvalue weighted by Gasteiger charge is 2.32. The lowest BCUT2D eigenvalue weighted by atomic mass is 9.84. The minimum atomic E-state index is -0.915. The molecule has 1 aliphatic carbocycles. The van der Waals surface area contributed by atoms with Crippen LogP contribution >= 0.6 is 0 Å². The minimum Gasteiger partial charge on any atom is -0.481 e. The van der Waals surface area contributed by atoms with Crippen LogP contribution in [0.3, 0.4) is 0 Å². The van der Waals surface area contributed by atoms with Gasteiger partial charge in [0.25, 0.3) is 5.91 Å². The average Bonchev–Trinajstić information content (AvgIpc) is 2.41. The number of rotatable bonds is 3. The third-order valence-electron chi connectivity index (χ3n) is 3.66. The normalized spacial score (nSPS) is 22.2. The van der Waals surface area contributed by atoms with Crippen LogP contribution in [0, 0.1) is 11.7 Å². The Hall–Kier alpha value is -2.11. The van der Waals surface area contributed by atoms with Crippen molar-refractivity contribution >= 4 is 17.6 Å². The molecule has 1 aliphatic rings. The lowest BCUT2D eigenvalue weighted by molar-refractivity contribution is -0.143. The molecule has 2 unspecified atom stereocenters. The zero-order valence-electron chi connectivity index (χ0n) is 10.9. The number of carbonyl (C=O) groups is 2. The molecular weight excluding hydrogens is 263 g/mol. The van der Waals surface area contributed by atoms with Crippen molar-refractivity contribution in [1.82, 2.24) is 5.32 Å². The van der Waals surface area contributed by atoms with Crippen LogP contribution < -0.4 is 11.1 Å². The smallest absolute Gasteiger partial charge is 0.308 e. The Morgan fingerprint density at radius 1 is 1.30 bits per heavy atom. The number of nitrogens with two attached hydrogens (primary N) is 1. The predicted octanol–water partition coefficient (Wildman–Crippen LogP) is 1.78. The summed E-state index contributed by atoms with van der Waals surface area (Å²) in [5.74, 6) is -2.59. The molecule has 1 saturated carbocycles. The lowest BCUT2D eigenvalue weighted by Gasteiger charge is -2.29. The molecule has 2 atom stereocenters. The van der Waals surface area contributed by atoms with Crippen LogP contribution in [0.2, 0.25) is 0 Å². The van der Waals surface area contributed by atoms with Gasteiger partial charge in [0.1, 0.15) is 5.82 Å². The van der Waals surface area contributed by atoms with Gasteiger partial charge in [0.05, 0.1) is 11.5 Å². The number of anilines is 1. The van der Waals surface area contributed by atoms with Gasteiger partial charge < -0.3 is 16.2 Å². The van der Waals surface area contributed by atoms with Crippen LogP contribution in [0.25, 0.3) is 0 Å². The van der Waals surface area contributed by atoms with Crippen LogP contribution in [-0.4, -0.2) is 23.0 Å². The summed E-state index contributed by atoms with van der Waals surface area (Å²) < 4.78 is 13.2. The van der Waals surface area contributed by atoms with Gasteiger partial charge in [-0.1, -0.05) is 12.8 Å². The Morgan fingerprint density at radius 3 is 2.70 bits per heavy atom. The third-order valence-corrected chi connectivity index (χ3v) is 3.66. The first-order valence-electron chi connectivity index (χ1n) is 6.57. The van der Waals surface area contributed by atoms with Crippen molar-refractivity contribution in [2.75, 3.05) is 5.73 Å². The van der Waals surface area contributed by atoms with Crippen molar-refractivity contribution in [2.45, 2.75) is 31.7 Å². The van der Waals surface area contributed by atoms with Crippen LogP contribution in [-0.2, 0) is 4.79 Å². The summed E-state index contributed by atoms with van der Waals surface area (Å²) in [7, 11) is 0. The second-order valence-electron chi connectivity index (χ2n) is 5.04. The first-order chi connectivity index (χ1) is 9.49. The van der Waals surface area contributed by atoms with Gasteiger partial charge in [0.2, 0.25) is 0 Å². The van der Waals surface area contributed by atoms with Crippen LogP contribution in [0.5, 0.6) is 0 Å². The minimum absolute atomic E-state index is 0.0414. The molecule has 0 heterocycles. The van der Waals surface area contributed by atoms with E-state index in [2.05, 4.69) is 5.32 Å². The molecule has 5 nitrogen and oxygen atoms in total. The van der Waals surface area contributed by atoms with Crippen molar-refractivity contribution in [3.05, 3.63) is 29.6 Å². The number of nitrogens with one attached hydrogen (secondary N) is 1. The number of hydrogen-bond donors (Lipinski definition) is 3. The maximum Gasteiger partial charge on any atom is 0.308 e. The fraction of sp³-hybridized carbons (Fsp3) is 0.429. The molecule has 0 bridgehead atoms. The van der Waals surface area contributed by atoms with E-state index in [9.17, 15) is 14.0 Å². The summed E-state index contributed by atoms with van der Waals surface area (Å²) in [5.41, 5.74) is 5.86. The SMILES string of the molecule is Nc1ccc(F)cc1C(=O)NC1CCCCC1C(=O)O. The van der Waals surface area contributed by atoms with Crippen LogP contribution in [0.1, 0.15) is 36.0 Å². The fourth-order valence-electron chi connectivity index (χ4n) is 2.57. The lowest BCUT2D eigenvalue weighted by Crippen LogP contribution is -2.45. The predicted molar refractivity (Wildman–Crippen MR) is 71.7 cm³/mol. The van der Waals surface area contributed by atoms with Crippen molar-refractivity contribution < 1.29 is 19.1 Å². The van der Waals surface area contributed by atoms with E-state index in [0.717, 1.165) is 18.9 Å². The van der Waals surface area contributed by atoms with E-state index in [1.54, 1.807) is 0 Å². The van der Waals surface area contributed by atoms with Gasteiger partial charge in [-0.25, -0.2) is 4.39 Å². The first-order valence-corrected chi connectivity index (χ1v) is 6.57. The highest BCUT2D eigenvalue weighted by atomic mass is 19.1. The number of benzene rings is 1. The van der Waals surface area contributed by atoms with Crippen molar-refractivity contribution in [3.63, 3.8) is 0 Å². The summed E-state index contributed by atoms with van der Waals surface area (Å²) in [6, 6.07) is 3.12. The van der Waals surface area contributed by atoms with Gasteiger partial charge in [0.15, 0.2) is 0 Å². The quantitative estimate of drug-likeness (QED) is 0.736. The Morgan fingerprint density at radius 2 is 2.00 bits per heavy atom. The molecule has 0 radical (unpaired) electrons. The van der Waals surface area contributed by atoms with Crippen molar-refractivity contribution in [2.24, 2.45) is 5.92 Å². The molecule has 20 heavy (non-hydrogen) atoms. The maximum absolute atomic E-state index is 13.2. The number of carboxylic acids is 1. The zero-order valence-corrected chi connectivity index (χ0v) is 10.9. The number of aliphatic carboxylic acids is 1. The summed E-state index contributed by atoms with van der Waals surface area (Å²) in [5, 5.41) is 11.8. The molecule has 2 rings (SSSR count). The number of halogens is 1. The Labute approximate surface area is 116 Å². The van der Waals surface area contributed by atoms with Gasteiger partial charge in [-0.2, -0.15) is 0 Å². The fourth-order valence-corrected chi connectivity index (χ4v) is 2.57. The first kappa shape index (κ1) is 14.3. The summed E-state index contributed by atoms with van der Waals surface area (Å²) in [6.45, 7) is 0. The van der Waals surface area contributed by atoms with Gasteiger partial charge in [-0.3, -0.25) is 9.59 Å².